The predicted octanol–water partition coefficient (Wildman–Crippen LogP) is 3.77. The molecule has 0 unspecified atom stereocenters. The van der Waals surface area contributed by atoms with E-state index in [1.807, 2.05) is 6.07 Å². The highest BCUT2D eigenvalue weighted by molar-refractivity contribution is 5.36. The maximum absolute atomic E-state index is 4.71. The van der Waals surface area contributed by atoms with E-state index < -0.39 is 0 Å². The molecule has 0 spiro atoms. The highest BCUT2D eigenvalue weighted by Crippen LogP contribution is 2.47. The van der Waals surface area contributed by atoms with Gasteiger partial charge in [0.15, 0.2) is 0 Å². The van der Waals surface area contributed by atoms with Gasteiger partial charge < -0.3 is 5.32 Å². The highest BCUT2D eigenvalue weighted by atomic mass is 15.3. The number of aromatic nitrogens is 2. The summed E-state index contributed by atoms with van der Waals surface area (Å²) in [4.78, 5) is 0. The van der Waals surface area contributed by atoms with Crippen LogP contribution < -0.4 is 5.32 Å². The molecule has 3 nitrogen and oxygen atoms in total. The van der Waals surface area contributed by atoms with E-state index in [0.29, 0.717) is 5.41 Å². The van der Waals surface area contributed by atoms with Crippen molar-refractivity contribution in [2.45, 2.75) is 46.6 Å². The molecule has 112 valence electrons. The lowest BCUT2D eigenvalue weighted by molar-refractivity contribution is 0.443. The Morgan fingerprint density at radius 3 is 2.52 bits per heavy atom. The molecule has 1 N–H and O–H groups in total. The van der Waals surface area contributed by atoms with E-state index in [1.165, 1.54) is 30.5 Å². The third-order valence-electron chi connectivity index (χ3n) is 4.95. The van der Waals surface area contributed by atoms with Crippen molar-refractivity contribution in [2.24, 2.45) is 5.41 Å². The lowest BCUT2D eigenvalue weighted by Crippen LogP contribution is -2.23. The van der Waals surface area contributed by atoms with Gasteiger partial charge in [-0.25, -0.2) is 4.68 Å². The van der Waals surface area contributed by atoms with Crippen LogP contribution in [0.1, 0.15) is 43.1 Å². The van der Waals surface area contributed by atoms with E-state index >= 15 is 0 Å². The van der Waals surface area contributed by atoms with Gasteiger partial charge in [-0.05, 0) is 50.7 Å². The Morgan fingerprint density at radius 2 is 1.90 bits per heavy atom. The van der Waals surface area contributed by atoms with Crippen molar-refractivity contribution in [1.29, 1.82) is 0 Å². The van der Waals surface area contributed by atoms with E-state index in [1.54, 1.807) is 0 Å². The molecule has 1 aliphatic carbocycles. The smallest absolute Gasteiger partial charge is 0.0648 e. The molecule has 1 aromatic heterocycles. The lowest BCUT2D eigenvalue weighted by atomic mass is 10.0. The molecule has 3 rings (SSSR count). The average molecular weight is 283 g/mol. The first kappa shape index (κ1) is 14.3. The zero-order valence-electron chi connectivity index (χ0n) is 13.3. The Balaban J connectivity index is 1.73. The van der Waals surface area contributed by atoms with Crippen molar-refractivity contribution >= 4 is 0 Å². The molecule has 1 fully saturated rings. The van der Waals surface area contributed by atoms with Crippen molar-refractivity contribution in [1.82, 2.24) is 15.1 Å². The van der Waals surface area contributed by atoms with Crippen molar-refractivity contribution in [3.63, 3.8) is 0 Å². The van der Waals surface area contributed by atoms with Gasteiger partial charge in [0.1, 0.15) is 0 Å². The van der Waals surface area contributed by atoms with Gasteiger partial charge in [-0.15, -0.1) is 0 Å². The molecule has 2 aromatic rings. The minimum absolute atomic E-state index is 0.594. The minimum atomic E-state index is 0.594. The third-order valence-corrected chi connectivity index (χ3v) is 4.95. The van der Waals surface area contributed by atoms with Gasteiger partial charge >= 0.3 is 0 Å². The molecule has 1 heterocycles. The van der Waals surface area contributed by atoms with Crippen LogP contribution in [0.2, 0.25) is 0 Å². The molecule has 1 saturated carbocycles. The molecule has 1 aromatic carbocycles. The molecule has 0 saturated heterocycles. The fraction of sp³-hybridized carbons (Fsp3) is 0.500. The number of hydrogen-bond donors (Lipinski definition) is 1. The maximum atomic E-state index is 4.71. The fourth-order valence-electron chi connectivity index (χ4n) is 3.04. The van der Waals surface area contributed by atoms with Crippen LogP contribution in [0.3, 0.4) is 0 Å². The normalized spacial score (nSPS) is 16.1. The maximum Gasteiger partial charge on any atom is 0.0648 e. The molecular weight excluding hydrogens is 258 g/mol. The molecule has 0 radical (unpaired) electrons. The number of hydrogen-bond acceptors (Lipinski definition) is 2. The number of benzene rings is 1. The number of rotatable bonds is 6. The van der Waals surface area contributed by atoms with Gasteiger partial charge in [-0.1, -0.05) is 25.1 Å². The summed E-state index contributed by atoms with van der Waals surface area (Å²) in [6.45, 7) is 8.64. The average Bonchev–Trinajstić information content (AvgIpc) is 3.24. The Morgan fingerprint density at radius 1 is 1.19 bits per heavy atom. The zero-order valence-corrected chi connectivity index (χ0v) is 13.3. The van der Waals surface area contributed by atoms with Crippen LogP contribution in [-0.2, 0) is 6.54 Å². The van der Waals surface area contributed by atoms with Crippen molar-refractivity contribution in [3.05, 3.63) is 47.3 Å². The lowest BCUT2D eigenvalue weighted by Gasteiger charge is -2.13. The summed E-state index contributed by atoms with van der Waals surface area (Å²) in [5.74, 6) is 0. The van der Waals surface area contributed by atoms with Gasteiger partial charge in [0.05, 0.1) is 11.4 Å². The van der Waals surface area contributed by atoms with Gasteiger partial charge in [-0.3, -0.25) is 0 Å². The van der Waals surface area contributed by atoms with Crippen molar-refractivity contribution in [3.8, 4) is 5.69 Å². The Bertz CT molecular complexity index is 609. The van der Waals surface area contributed by atoms with Gasteiger partial charge in [0.25, 0.3) is 0 Å². The molecule has 1 aliphatic rings. The summed E-state index contributed by atoms with van der Waals surface area (Å²) in [6, 6.07) is 10.4. The summed E-state index contributed by atoms with van der Waals surface area (Å²) in [5, 5.41) is 8.36. The van der Waals surface area contributed by atoms with Crippen LogP contribution >= 0.6 is 0 Å². The van der Waals surface area contributed by atoms with E-state index in [2.05, 4.69) is 55.0 Å². The summed E-state index contributed by atoms with van der Waals surface area (Å²) >= 11 is 0. The fourth-order valence-corrected chi connectivity index (χ4v) is 3.04. The molecular formula is C18H25N3. The standard InChI is InChI=1S/C18H25N3/c1-4-18(10-11-18)13-19-12-17-14(2)20-21(15(17)3)16-8-6-5-7-9-16/h5-9,19H,4,10-13H2,1-3H3. The first-order valence-electron chi connectivity index (χ1n) is 7.96. The highest BCUT2D eigenvalue weighted by Gasteiger charge is 2.39. The van der Waals surface area contributed by atoms with Gasteiger partial charge in [0.2, 0.25) is 0 Å². The van der Waals surface area contributed by atoms with E-state index in [9.17, 15) is 0 Å². The van der Waals surface area contributed by atoms with Gasteiger partial charge in [0, 0.05) is 24.3 Å². The second-order valence-electron chi connectivity index (χ2n) is 6.35. The molecule has 3 heteroatoms. The largest absolute Gasteiger partial charge is 0.312 e. The van der Waals surface area contributed by atoms with E-state index in [-0.39, 0.29) is 0 Å². The topological polar surface area (TPSA) is 29.9 Å². The van der Waals surface area contributed by atoms with Crippen molar-refractivity contribution < 1.29 is 0 Å². The first-order chi connectivity index (χ1) is 10.2. The number of nitrogens with one attached hydrogen (secondary N) is 1. The SMILES string of the molecule is CCC1(CNCc2c(C)nn(-c3ccccc3)c2C)CC1. The number of nitrogens with zero attached hydrogens (tertiary/aromatic N) is 2. The minimum Gasteiger partial charge on any atom is -0.312 e. The zero-order chi connectivity index (χ0) is 14.9. The quantitative estimate of drug-likeness (QED) is 0.874. The number of aryl methyl sites for hydroxylation is 1. The van der Waals surface area contributed by atoms with Crippen LogP contribution in [0.5, 0.6) is 0 Å². The molecule has 0 aliphatic heterocycles. The Kier molecular flexibility index (Phi) is 3.85. The van der Waals surface area contributed by atoms with Crippen LogP contribution in [0.15, 0.2) is 30.3 Å². The predicted molar refractivity (Wildman–Crippen MR) is 86.7 cm³/mol. The molecule has 0 atom stereocenters. The van der Waals surface area contributed by atoms with Crippen LogP contribution in [0, 0.1) is 19.3 Å². The van der Waals surface area contributed by atoms with Crippen LogP contribution in [-0.4, -0.2) is 16.3 Å². The van der Waals surface area contributed by atoms with Crippen LogP contribution in [0.25, 0.3) is 5.69 Å². The van der Waals surface area contributed by atoms with Crippen molar-refractivity contribution in [2.75, 3.05) is 6.54 Å². The van der Waals surface area contributed by atoms with E-state index in [4.69, 9.17) is 5.10 Å². The summed E-state index contributed by atoms with van der Waals surface area (Å²) < 4.78 is 2.05. The third kappa shape index (κ3) is 2.88. The molecule has 0 amide bonds. The summed E-state index contributed by atoms with van der Waals surface area (Å²) in [5.41, 5.74) is 5.44. The van der Waals surface area contributed by atoms with E-state index in [0.717, 1.165) is 24.5 Å². The van der Waals surface area contributed by atoms with Crippen LogP contribution in [0.4, 0.5) is 0 Å². The summed E-state index contributed by atoms with van der Waals surface area (Å²) in [6.07, 6.45) is 4.07. The van der Waals surface area contributed by atoms with Gasteiger partial charge in [-0.2, -0.15) is 5.10 Å². The Hall–Kier alpha value is -1.61. The Labute approximate surface area is 127 Å². The first-order valence-corrected chi connectivity index (χ1v) is 7.96. The second-order valence-corrected chi connectivity index (χ2v) is 6.35. The molecule has 21 heavy (non-hydrogen) atoms. The second kappa shape index (κ2) is 5.64. The number of para-hydroxylation sites is 1. The summed E-state index contributed by atoms with van der Waals surface area (Å²) in [7, 11) is 0. The monoisotopic (exact) mass is 283 g/mol. The molecule has 0 bridgehead atoms.